The molecule has 0 saturated heterocycles. The summed E-state index contributed by atoms with van der Waals surface area (Å²) in [5, 5.41) is 0. The van der Waals surface area contributed by atoms with Crippen LogP contribution in [0.3, 0.4) is 0 Å². The van der Waals surface area contributed by atoms with Crippen LogP contribution in [-0.4, -0.2) is 22.9 Å². The summed E-state index contributed by atoms with van der Waals surface area (Å²) < 4.78 is 0. The number of anilines is 1. The van der Waals surface area contributed by atoms with Crippen LogP contribution < -0.4 is 10.5 Å². The predicted molar refractivity (Wildman–Crippen MR) is 64.0 cm³/mol. The first-order valence-electron chi connectivity index (χ1n) is 5.06. The zero-order chi connectivity index (χ0) is 12.3. The fourth-order valence-corrected chi connectivity index (χ4v) is 1.39. The van der Waals surface area contributed by atoms with Gasteiger partial charge in [-0.2, -0.15) is 0 Å². The number of hydrogen-bond donors (Lipinski definition) is 1. The second-order valence-corrected chi connectivity index (χ2v) is 3.49. The van der Waals surface area contributed by atoms with Gasteiger partial charge in [-0.3, -0.25) is 14.5 Å². The van der Waals surface area contributed by atoms with E-state index in [0.717, 1.165) is 0 Å². The summed E-state index contributed by atoms with van der Waals surface area (Å²) in [7, 11) is 1.63. The van der Waals surface area contributed by atoms with E-state index in [1.807, 2.05) is 0 Å². The second kappa shape index (κ2) is 4.61. The molecule has 17 heavy (non-hydrogen) atoms. The van der Waals surface area contributed by atoms with Gasteiger partial charge in [-0.1, -0.05) is 6.07 Å². The lowest BCUT2D eigenvalue weighted by atomic mass is 10.2. The zero-order valence-corrected chi connectivity index (χ0v) is 9.25. The molecule has 86 valence electrons. The molecule has 0 aliphatic heterocycles. The summed E-state index contributed by atoms with van der Waals surface area (Å²) >= 11 is 0. The Labute approximate surface area is 97.7 Å². The molecule has 5 heteroatoms. The molecule has 0 spiro atoms. The van der Waals surface area contributed by atoms with E-state index in [4.69, 9.17) is 0 Å². The third kappa shape index (κ3) is 2.39. The Morgan fingerprint density at radius 2 is 2.12 bits per heavy atom. The van der Waals surface area contributed by atoms with Gasteiger partial charge in [0.25, 0.3) is 5.91 Å². The van der Waals surface area contributed by atoms with Crippen molar-refractivity contribution in [2.24, 2.45) is 0 Å². The first kappa shape index (κ1) is 11.1. The van der Waals surface area contributed by atoms with Crippen LogP contribution in [0.1, 0.15) is 10.4 Å². The third-order valence-electron chi connectivity index (χ3n) is 2.33. The van der Waals surface area contributed by atoms with Crippen molar-refractivity contribution in [3.63, 3.8) is 0 Å². The van der Waals surface area contributed by atoms with Crippen LogP contribution in [0.25, 0.3) is 0 Å². The molecule has 0 unspecified atom stereocenters. The molecule has 1 N–H and O–H groups in total. The average Bonchev–Trinajstić information content (AvgIpc) is 2.39. The van der Waals surface area contributed by atoms with E-state index in [1.165, 1.54) is 23.2 Å². The number of nitrogens with one attached hydrogen (secondary N) is 1. The van der Waals surface area contributed by atoms with E-state index in [2.05, 4.69) is 9.97 Å². The highest BCUT2D eigenvalue weighted by Gasteiger charge is 2.13. The first-order valence-corrected chi connectivity index (χ1v) is 5.06. The number of carbonyl (C=O) groups is 1. The Morgan fingerprint density at radius 3 is 2.71 bits per heavy atom. The molecule has 0 radical (unpaired) electrons. The monoisotopic (exact) mass is 229 g/mol. The Kier molecular flexibility index (Phi) is 3.00. The van der Waals surface area contributed by atoms with Crippen molar-refractivity contribution in [2.75, 3.05) is 11.9 Å². The van der Waals surface area contributed by atoms with Gasteiger partial charge in [0.15, 0.2) is 0 Å². The minimum Gasteiger partial charge on any atom is -0.328 e. The number of amides is 1. The van der Waals surface area contributed by atoms with E-state index in [-0.39, 0.29) is 11.5 Å². The standard InChI is InChI=1S/C12H11N3O2/c1-15(10-4-2-3-7-13-10)12(17)9-5-6-11(16)14-8-9/h2-8H,1H3,(H,14,16). The normalized spacial score (nSPS) is 9.94. The Morgan fingerprint density at radius 1 is 1.29 bits per heavy atom. The van der Waals surface area contributed by atoms with Gasteiger partial charge in [-0.25, -0.2) is 4.98 Å². The van der Waals surface area contributed by atoms with E-state index in [0.29, 0.717) is 11.4 Å². The second-order valence-electron chi connectivity index (χ2n) is 3.49. The molecule has 1 amide bonds. The Balaban J connectivity index is 2.26. The maximum Gasteiger partial charge on any atom is 0.260 e. The minimum atomic E-state index is -0.234. The molecule has 0 saturated carbocycles. The zero-order valence-electron chi connectivity index (χ0n) is 9.25. The van der Waals surface area contributed by atoms with Crippen molar-refractivity contribution in [1.82, 2.24) is 9.97 Å². The number of hydrogen-bond acceptors (Lipinski definition) is 3. The Hall–Kier alpha value is -2.43. The van der Waals surface area contributed by atoms with Gasteiger partial charge in [0, 0.05) is 25.5 Å². The van der Waals surface area contributed by atoms with Gasteiger partial charge in [0.05, 0.1) is 5.56 Å². The fourth-order valence-electron chi connectivity index (χ4n) is 1.39. The number of rotatable bonds is 2. The van der Waals surface area contributed by atoms with Gasteiger partial charge in [0.2, 0.25) is 5.56 Å². The van der Waals surface area contributed by atoms with Crippen molar-refractivity contribution in [3.05, 3.63) is 58.6 Å². The summed E-state index contributed by atoms with van der Waals surface area (Å²) in [6, 6.07) is 8.13. The topological polar surface area (TPSA) is 66.1 Å². The van der Waals surface area contributed by atoms with Crippen molar-refractivity contribution < 1.29 is 4.79 Å². The van der Waals surface area contributed by atoms with Gasteiger partial charge >= 0.3 is 0 Å². The van der Waals surface area contributed by atoms with Crippen molar-refractivity contribution in [2.45, 2.75) is 0 Å². The number of pyridine rings is 2. The quantitative estimate of drug-likeness (QED) is 0.836. The molecule has 0 fully saturated rings. The maximum atomic E-state index is 12.0. The smallest absolute Gasteiger partial charge is 0.260 e. The molecule has 0 aromatic carbocycles. The van der Waals surface area contributed by atoms with Crippen LogP contribution in [0.5, 0.6) is 0 Å². The van der Waals surface area contributed by atoms with E-state index in [9.17, 15) is 9.59 Å². The van der Waals surface area contributed by atoms with Gasteiger partial charge in [-0.05, 0) is 18.2 Å². The van der Waals surface area contributed by atoms with E-state index < -0.39 is 0 Å². The number of nitrogens with zero attached hydrogens (tertiary/aromatic N) is 2. The van der Waals surface area contributed by atoms with Crippen LogP contribution in [0.2, 0.25) is 0 Å². The number of aromatic amines is 1. The molecule has 5 nitrogen and oxygen atoms in total. The molecule has 0 aliphatic carbocycles. The number of aromatic nitrogens is 2. The average molecular weight is 229 g/mol. The van der Waals surface area contributed by atoms with E-state index >= 15 is 0 Å². The summed E-state index contributed by atoms with van der Waals surface area (Å²) in [4.78, 5) is 30.9. The van der Waals surface area contributed by atoms with Gasteiger partial charge < -0.3 is 4.98 Å². The molecule has 2 rings (SSSR count). The summed E-state index contributed by atoms with van der Waals surface area (Å²) in [5.41, 5.74) is 0.180. The SMILES string of the molecule is CN(C(=O)c1ccc(=O)[nH]c1)c1ccccn1. The summed E-state index contributed by atoms with van der Waals surface area (Å²) in [6.07, 6.45) is 3.01. The van der Waals surface area contributed by atoms with Crippen molar-refractivity contribution in [3.8, 4) is 0 Å². The minimum absolute atomic E-state index is 0.222. The van der Waals surface area contributed by atoms with Crippen LogP contribution in [0.4, 0.5) is 5.82 Å². The molecule has 2 aromatic heterocycles. The predicted octanol–water partition coefficient (Wildman–Crippen LogP) is 1.05. The van der Waals surface area contributed by atoms with Gasteiger partial charge in [-0.15, -0.1) is 0 Å². The first-order chi connectivity index (χ1) is 8.18. The Bertz CT molecular complexity index is 557. The summed E-state index contributed by atoms with van der Waals surface area (Å²) in [6.45, 7) is 0. The van der Waals surface area contributed by atoms with E-state index in [1.54, 1.807) is 31.4 Å². The van der Waals surface area contributed by atoms with Crippen LogP contribution in [0, 0.1) is 0 Å². The van der Waals surface area contributed by atoms with Crippen LogP contribution in [-0.2, 0) is 0 Å². The fraction of sp³-hybridized carbons (Fsp3) is 0.0833. The third-order valence-corrected chi connectivity index (χ3v) is 2.33. The number of carbonyl (C=O) groups excluding carboxylic acids is 1. The summed E-state index contributed by atoms with van der Waals surface area (Å²) in [5.74, 6) is 0.337. The molecule has 2 heterocycles. The van der Waals surface area contributed by atoms with Crippen molar-refractivity contribution in [1.29, 1.82) is 0 Å². The van der Waals surface area contributed by atoms with Crippen LogP contribution >= 0.6 is 0 Å². The molecule has 0 bridgehead atoms. The molecule has 0 aliphatic rings. The lowest BCUT2D eigenvalue weighted by Gasteiger charge is -2.15. The maximum absolute atomic E-state index is 12.0. The largest absolute Gasteiger partial charge is 0.328 e. The highest BCUT2D eigenvalue weighted by Crippen LogP contribution is 2.10. The highest BCUT2D eigenvalue weighted by atomic mass is 16.2. The number of H-pyrrole nitrogens is 1. The van der Waals surface area contributed by atoms with Crippen LogP contribution in [0.15, 0.2) is 47.5 Å². The molecule has 2 aromatic rings. The van der Waals surface area contributed by atoms with Gasteiger partial charge in [0.1, 0.15) is 5.82 Å². The molecular formula is C12H11N3O2. The van der Waals surface area contributed by atoms with Crippen molar-refractivity contribution >= 4 is 11.7 Å². The molecule has 0 atom stereocenters. The lowest BCUT2D eigenvalue weighted by molar-refractivity contribution is 0.0992. The molecular weight excluding hydrogens is 218 g/mol. The highest BCUT2D eigenvalue weighted by molar-refractivity contribution is 6.04. The lowest BCUT2D eigenvalue weighted by Crippen LogP contribution is -2.27.